The van der Waals surface area contributed by atoms with Crippen LogP contribution in [0.15, 0.2) is 18.2 Å². The van der Waals surface area contributed by atoms with E-state index in [0.717, 1.165) is 17.7 Å². The molecule has 0 saturated carbocycles. The number of hydrogen-bond donors (Lipinski definition) is 2. The van der Waals surface area contributed by atoms with E-state index in [0.29, 0.717) is 23.6 Å². The van der Waals surface area contributed by atoms with Crippen LogP contribution < -0.4 is 15.4 Å². The van der Waals surface area contributed by atoms with Gasteiger partial charge in [0.2, 0.25) is 5.91 Å². The van der Waals surface area contributed by atoms with Crippen LogP contribution in [0.3, 0.4) is 0 Å². The maximum absolute atomic E-state index is 11.9. The third kappa shape index (κ3) is 4.64. The van der Waals surface area contributed by atoms with Gasteiger partial charge in [0, 0.05) is 0 Å². The Morgan fingerprint density at radius 1 is 1.43 bits per heavy atom. The molecule has 2 atom stereocenters. The highest BCUT2D eigenvalue weighted by molar-refractivity contribution is 7.99. The largest absolute Gasteiger partial charge is 0.478 e. The molecule has 0 spiro atoms. The van der Waals surface area contributed by atoms with Crippen molar-refractivity contribution in [3.05, 3.63) is 23.8 Å². The molecule has 1 aromatic rings. The van der Waals surface area contributed by atoms with Gasteiger partial charge in [-0.3, -0.25) is 9.59 Å². The van der Waals surface area contributed by atoms with Gasteiger partial charge in [-0.05, 0) is 43.2 Å². The average molecular weight is 336 g/mol. The van der Waals surface area contributed by atoms with E-state index in [4.69, 9.17) is 4.74 Å². The first-order valence-electron chi connectivity index (χ1n) is 8.03. The fraction of sp³-hybridized carbons (Fsp3) is 0.529. The Hall–Kier alpha value is -1.69. The average Bonchev–Trinajstić information content (AvgIpc) is 2.53. The smallest absolute Gasteiger partial charge is 0.265 e. The van der Waals surface area contributed by atoms with Crippen molar-refractivity contribution in [1.29, 1.82) is 0 Å². The summed E-state index contributed by atoms with van der Waals surface area (Å²) in [6.07, 6.45) is 1.24. The van der Waals surface area contributed by atoms with E-state index in [2.05, 4.69) is 17.6 Å². The molecule has 2 rings (SSSR count). The highest BCUT2D eigenvalue weighted by Crippen LogP contribution is 2.32. The first-order valence-corrected chi connectivity index (χ1v) is 9.19. The molecular formula is C17H24N2O3S. The molecular weight excluding hydrogens is 312 g/mol. The molecule has 1 aliphatic heterocycles. The molecule has 1 aliphatic rings. The molecule has 1 aromatic carbocycles. The summed E-state index contributed by atoms with van der Waals surface area (Å²) in [6.45, 7) is 5.96. The fourth-order valence-electron chi connectivity index (χ4n) is 2.37. The molecule has 0 saturated heterocycles. The van der Waals surface area contributed by atoms with Crippen molar-refractivity contribution >= 4 is 29.3 Å². The van der Waals surface area contributed by atoms with Crippen molar-refractivity contribution in [3.63, 3.8) is 0 Å². The number of rotatable bonds is 7. The summed E-state index contributed by atoms with van der Waals surface area (Å²) in [5.74, 6) is 2.06. The predicted molar refractivity (Wildman–Crippen MR) is 94.0 cm³/mol. The third-order valence-corrected chi connectivity index (χ3v) is 4.82. The molecule has 23 heavy (non-hydrogen) atoms. The van der Waals surface area contributed by atoms with Crippen molar-refractivity contribution in [2.45, 2.75) is 45.8 Å². The quantitative estimate of drug-likeness (QED) is 0.751. The first-order chi connectivity index (χ1) is 11.0. The molecule has 0 aliphatic carbocycles. The van der Waals surface area contributed by atoms with E-state index in [1.165, 1.54) is 0 Å². The molecule has 126 valence electrons. The van der Waals surface area contributed by atoms with E-state index in [9.17, 15) is 9.59 Å². The summed E-state index contributed by atoms with van der Waals surface area (Å²) in [7, 11) is 0. The summed E-state index contributed by atoms with van der Waals surface area (Å²) in [6, 6.07) is 5.51. The van der Waals surface area contributed by atoms with Crippen LogP contribution in [0, 0.1) is 0 Å². The molecule has 5 nitrogen and oxygen atoms in total. The summed E-state index contributed by atoms with van der Waals surface area (Å²) in [5.41, 5.74) is 1.64. The molecule has 0 unspecified atom stereocenters. The van der Waals surface area contributed by atoms with Crippen molar-refractivity contribution < 1.29 is 14.3 Å². The van der Waals surface area contributed by atoms with Gasteiger partial charge < -0.3 is 15.4 Å². The Bertz CT molecular complexity index is 577. The van der Waals surface area contributed by atoms with Gasteiger partial charge in [-0.15, -0.1) is 0 Å². The maximum Gasteiger partial charge on any atom is 0.265 e. The lowest BCUT2D eigenvalue weighted by Gasteiger charge is -2.26. The lowest BCUT2D eigenvalue weighted by atomic mass is 10.1. The molecule has 0 aromatic heterocycles. The van der Waals surface area contributed by atoms with E-state index in [1.807, 2.05) is 32.0 Å². The minimum atomic E-state index is -0.451. The number of carbonyl (C=O) groups is 2. The van der Waals surface area contributed by atoms with Gasteiger partial charge in [0.05, 0.1) is 17.5 Å². The van der Waals surface area contributed by atoms with Crippen LogP contribution in [0.25, 0.3) is 0 Å². The Morgan fingerprint density at radius 2 is 2.22 bits per heavy atom. The number of anilines is 1. The van der Waals surface area contributed by atoms with Crippen LogP contribution in [0.2, 0.25) is 0 Å². The van der Waals surface area contributed by atoms with Crippen LogP contribution in [0.4, 0.5) is 5.69 Å². The SMILES string of the molecule is CCCSCC(=O)N[C@@H](C)c1ccc2c(c1)O[C@@H](CC)C(=O)N2. The number of hydrogen-bond acceptors (Lipinski definition) is 4. The van der Waals surface area contributed by atoms with Gasteiger partial charge in [0.25, 0.3) is 5.91 Å². The lowest BCUT2D eigenvalue weighted by molar-refractivity contribution is -0.123. The summed E-state index contributed by atoms with van der Waals surface area (Å²) < 4.78 is 5.74. The normalized spacial score (nSPS) is 17.7. The molecule has 0 radical (unpaired) electrons. The third-order valence-electron chi connectivity index (χ3n) is 3.66. The monoisotopic (exact) mass is 336 g/mol. The van der Waals surface area contributed by atoms with Gasteiger partial charge in [-0.2, -0.15) is 11.8 Å². The van der Waals surface area contributed by atoms with Gasteiger partial charge >= 0.3 is 0 Å². The Balaban J connectivity index is 2.01. The lowest BCUT2D eigenvalue weighted by Crippen LogP contribution is -2.36. The molecule has 2 amide bonds. The highest BCUT2D eigenvalue weighted by atomic mass is 32.2. The summed E-state index contributed by atoms with van der Waals surface area (Å²) in [4.78, 5) is 23.7. The first kappa shape index (κ1) is 17.7. The van der Waals surface area contributed by atoms with Gasteiger partial charge in [0.1, 0.15) is 5.75 Å². The molecule has 0 bridgehead atoms. The number of fused-ring (bicyclic) bond motifs is 1. The highest BCUT2D eigenvalue weighted by Gasteiger charge is 2.26. The van der Waals surface area contributed by atoms with E-state index in [1.54, 1.807) is 11.8 Å². The zero-order valence-corrected chi connectivity index (χ0v) is 14.7. The number of nitrogens with one attached hydrogen (secondary N) is 2. The molecule has 0 fully saturated rings. The number of thioether (sulfide) groups is 1. The second-order valence-corrected chi connectivity index (χ2v) is 6.71. The van der Waals surface area contributed by atoms with Crippen LogP contribution in [0.1, 0.15) is 45.2 Å². The van der Waals surface area contributed by atoms with Gasteiger partial charge in [-0.1, -0.05) is 19.9 Å². The van der Waals surface area contributed by atoms with Crippen molar-refractivity contribution in [2.24, 2.45) is 0 Å². The second-order valence-electron chi connectivity index (χ2n) is 5.60. The van der Waals surface area contributed by atoms with Gasteiger partial charge in [-0.25, -0.2) is 0 Å². The number of ether oxygens (including phenoxy) is 1. The van der Waals surface area contributed by atoms with Crippen molar-refractivity contribution in [1.82, 2.24) is 5.32 Å². The van der Waals surface area contributed by atoms with Crippen LogP contribution in [-0.4, -0.2) is 29.4 Å². The molecule has 6 heteroatoms. The Labute approximate surface area is 141 Å². The maximum atomic E-state index is 11.9. The zero-order chi connectivity index (χ0) is 16.8. The Kier molecular flexibility index (Phi) is 6.33. The topological polar surface area (TPSA) is 67.4 Å². The number of carbonyl (C=O) groups excluding carboxylic acids is 2. The number of amides is 2. The predicted octanol–water partition coefficient (Wildman–Crippen LogP) is 3.12. The number of benzene rings is 1. The minimum absolute atomic E-state index is 0.0364. The van der Waals surface area contributed by atoms with Crippen molar-refractivity contribution in [2.75, 3.05) is 16.8 Å². The van der Waals surface area contributed by atoms with Crippen LogP contribution in [-0.2, 0) is 9.59 Å². The second kappa shape index (κ2) is 8.24. The van der Waals surface area contributed by atoms with Crippen LogP contribution in [0.5, 0.6) is 5.75 Å². The molecule has 1 heterocycles. The van der Waals surface area contributed by atoms with E-state index < -0.39 is 6.10 Å². The minimum Gasteiger partial charge on any atom is -0.478 e. The standard InChI is InChI=1S/C17H24N2O3S/c1-4-8-23-10-16(20)18-11(3)12-6-7-13-15(9-12)22-14(5-2)17(21)19-13/h6-7,9,11,14H,4-5,8,10H2,1-3H3,(H,18,20)(H,19,21)/t11-,14-/m0/s1. The fourth-order valence-corrected chi connectivity index (χ4v) is 3.08. The zero-order valence-electron chi connectivity index (χ0n) is 13.8. The van der Waals surface area contributed by atoms with E-state index in [-0.39, 0.29) is 17.9 Å². The van der Waals surface area contributed by atoms with E-state index >= 15 is 0 Å². The van der Waals surface area contributed by atoms with Crippen molar-refractivity contribution in [3.8, 4) is 5.75 Å². The summed E-state index contributed by atoms with van der Waals surface area (Å²) >= 11 is 1.64. The Morgan fingerprint density at radius 3 is 2.91 bits per heavy atom. The summed E-state index contributed by atoms with van der Waals surface area (Å²) in [5, 5.41) is 5.84. The molecule has 2 N–H and O–H groups in total. The van der Waals surface area contributed by atoms with Gasteiger partial charge in [0.15, 0.2) is 6.10 Å². The van der Waals surface area contributed by atoms with Crippen LogP contribution >= 0.6 is 11.8 Å².